The maximum atomic E-state index is 13.5. The SMILES string of the molecule is NC(=O)c1cc2c(s1)SC(c1c[nH]c3ccccc13)C(=O)N2Cc1ccsc1. The van der Waals surface area contributed by atoms with Crippen molar-refractivity contribution in [3.63, 3.8) is 0 Å². The van der Waals surface area contributed by atoms with Gasteiger partial charge in [-0.2, -0.15) is 11.3 Å². The Hall–Kier alpha value is -2.55. The minimum Gasteiger partial charge on any atom is -0.365 e. The second-order valence-electron chi connectivity index (χ2n) is 6.49. The number of para-hydroxylation sites is 1. The van der Waals surface area contributed by atoms with Crippen LogP contribution in [0.15, 0.2) is 57.6 Å². The van der Waals surface area contributed by atoms with Crippen LogP contribution in [0.1, 0.15) is 26.0 Å². The number of aromatic nitrogens is 1. The summed E-state index contributed by atoms with van der Waals surface area (Å²) in [6, 6.07) is 11.7. The van der Waals surface area contributed by atoms with Crippen LogP contribution in [0.25, 0.3) is 10.9 Å². The van der Waals surface area contributed by atoms with Gasteiger partial charge in [-0.1, -0.05) is 30.0 Å². The Bertz CT molecular complexity index is 1190. The van der Waals surface area contributed by atoms with Crippen molar-refractivity contribution in [3.05, 3.63) is 69.4 Å². The van der Waals surface area contributed by atoms with Crippen molar-refractivity contribution in [3.8, 4) is 0 Å². The van der Waals surface area contributed by atoms with Gasteiger partial charge in [-0.15, -0.1) is 11.3 Å². The Morgan fingerprint density at radius 2 is 2.11 bits per heavy atom. The number of carbonyl (C=O) groups is 2. The number of anilines is 1. The number of thioether (sulfide) groups is 1. The van der Waals surface area contributed by atoms with Gasteiger partial charge in [0.05, 0.1) is 21.3 Å². The van der Waals surface area contributed by atoms with Crippen molar-refractivity contribution >= 4 is 62.8 Å². The number of rotatable bonds is 4. The molecule has 0 spiro atoms. The van der Waals surface area contributed by atoms with E-state index in [4.69, 9.17) is 5.73 Å². The van der Waals surface area contributed by atoms with Crippen LogP contribution in [0, 0.1) is 0 Å². The van der Waals surface area contributed by atoms with Crippen LogP contribution in [-0.4, -0.2) is 16.8 Å². The molecule has 1 aliphatic heterocycles. The van der Waals surface area contributed by atoms with E-state index in [1.807, 2.05) is 47.3 Å². The molecule has 2 amide bonds. The summed E-state index contributed by atoms with van der Waals surface area (Å²) < 4.78 is 0.943. The molecule has 3 aromatic heterocycles. The highest BCUT2D eigenvalue weighted by Crippen LogP contribution is 2.52. The van der Waals surface area contributed by atoms with Gasteiger partial charge in [0.2, 0.25) is 5.91 Å². The predicted molar refractivity (Wildman–Crippen MR) is 115 cm³/mol. The zero-order valence-corrected chi connectivity index (χ0v) is 17.0. The molecule has 0 radical (unpaired) electrons. The summed E-state index contributed by atoms with van der Waals surface area (Å²) in [5.74, 6) is -0.450. The summed E-state index contributed by atoms with van der Waals surface area (Å²) >= 11 is 4.45. The maximum Gasteiger partial charge on any atom is 0.258 e. The Morgan fingerprint density at radius 3 is 2.89 bits per heavy atom. The lowest BCUT2D eigenvalue weighted by Gasteiger charge is -2.31. The van der Waals surface area contributed by atoms with E-state index in [1.54, 1.807) is 22.3 Å². The van der Waals surface area contributed by atoms with E-state index in [-0.39, 0.29) is 11.2 Å². The molecule has 0 saturated heterocycles. The maximum absolute atomic E-state index is 13.5. The Labute approximate surface area is 173 Å². The second-order valence-corrected chi connectivity index (χ2v) is 9.70. The van der Waals surface area contributed by atoms with Crippen LogP contribution in [0.4, 0.5) is 5.69 Å². The van der Waals surface area contributed by atoms with E-state index in [0.29, 0.717) is 11.4 Å². The third kappa shape index (κ3) is 2.85. The molecular weight excluding hydrogens is 410 g/mol. The van der Waals surface area contributed by atoms with Gasteiger partial charge in [-0.05, 0) is 34.5 Å². The summed E-state index contributed by atoms with van der Waals surface area (Å²) in [5, 5.41) is 4.70. The fourth-order valence-corrected chi connectivity index (χ4v) is 6.62. The fourth-order valence-electron chi connectivity index (χ4n) is 3.41. The van der Waals surface area contributed by atoms with Crippen LogP contribution in [0.2, 0.25) is 0 Å². The van der Waals surface area contributed by atoms with E-state index >= 15 is 0 Å². The predicted octanol–water partition coefficient (Wildman–Crippen LogP) is 4.77. The van der Waals surface area contributed by atoms with E-state index < -0.39 is 5.91 Å². The Kier molecular flexibility index (Phi) is 4.26. The first kappa shape index (κ1) is 17.5. The molecule has 5 nitrogen and oxygen atoms in total. The number of nitrogens with one attached hydrogen (secondary N) is 1. The summed E-state index contributed by atoms with van der Waals surface area (Å²) in [6.07, 6.45) is 1.91. The summed E-state index contributed by atoms with van der Waals surface area (Å²) in [7, 11) is 0. The van der Waals surface area contributed by atoms with Crippen LogP contribution >= 0.6 is 34.4 Å². The number of aromatic amines is 1. The van der Waals surface area contributed by atoms with Gasteiger partial charge in [0.1, 0.15) is 5.25 Å². The monoisotopic (exact) mass is 425 g/mol. The highest BCUT2D eigenvalue weighted by atomic mass is 32.2. The molecule has 0 fully saturated rings. The van der Waals surface area contributed by atoms with Gasteiger partial charge in [0.15, 0.2) is 0 Å². The van der Waals surface area contributed by atoms with Crippen molar-refractivity contribution in [1.82, 2.24) is 4.98 Å². The van der Waals surface area contributed by atoms with Crippen LogP contribution < -0.4 is 10.6 Å². The number of nitrogens with zero attached hydrogens (tertiary/aromatic N) is 1. The van der Waals surface area contributed by atoms with E-state index in [9.17, 15) is 9.59 Å². The van der Waals surface area contributed by atoms with E-state index in [2.05, 4.69) is 4.98 Å². The molecule has 1 aromatic carbocycles. The molecule has 0 saturated carbocycles. The quantitative estimate of drug-likeness (QED) is 0.494. The van der Waals surface area contributed by atoms with Crippen molar-refractivity contribution in [2.75, 3.05) is 4.90 Å². The number of nitrogens with two attached hydrogens (primary N) is 1. The molecule has 140 valence electrons. The molecule has 1 unspecified atom stereocenters. The number of fused-ring (bicyclic) bond motifs is 2. The lowest BCUT2D eigenvalue weighted by molar-refractivity contribution is -0.118. The summed E-state index contributed by atoms with van der Waals surface area (Å²) in [5.41, 5.74) is 9.31. The number of hydrogen-bond acceptors (Lipinski definition) is 5. The van der Waals surface area contributed by atoms with Crippen LogP contribution in [-0.2, 0) is 11.3 Å². The number of hydrogen-bond donors (Lipinski definition) is 2. The standard InChI is InChI=1S/C20H15N3O2S3/c21-18(24)16-7-15-20(27-16)28-17(13-8-22-14-4-2-1-3-12(13)14)19(25)23(15)9-11-5-6-26-10-11/h1-8,10,17,22H,9H2,(H2,21,24). The first-order chi connectivity index (χ1) is 13.6. The van der Waals surface area contributed by atoms with Gasteiger partial charge in [-0.3, -0.25) is 9.59 Å². The van der Waals surface area contributed by atoms with E-state index in [1.165, 1.54) is 23.1 Å². The minimum absolute atomic E-state index is 0.0160. The van der Waals surface area contributed by atoms with Crippen LogP contribution in [0.3, 0.4) is 0 Å². The third-order valence-corrected chi connectivity index (χ3v) is 8.07. The smallest absolute Gasteiger partial charge is 0.258 e. The largest absolute Gasteiger partial charge is 0.365 e. The molecule has 4 heterocycles. The molecule has 1 atom stereocenters. The lowest BCUT2D eigenvalue weighted by Crippen LogP contribution is -2.36. The average Bonchev–Trinajstić information content (AvgIpc) is 3.42. The number of benzene rings is 1. The van der Waals surface area contributed by atoms with E-state index in [0.717, 1.165) is 31.9 Å². The number of carbonyl (C=O) groups excluding carboxylic acids is 2. The normalized spacial score (nSPS) is 16.5. The molecule has 0 aliphatic carbocycles. The molecule has 1 aliphatic rings. The number of thiophene rings is 2. The average molecular weight is 426 g/mol. The van der Waals surface area contributed by atoms with Gasteiger partial charge >= 0.3 is 0 Å². The van der Waals surface area contributed by atoms with Crippen molar-refractivity contribution < 1.29 is 9.59 Å². The molecule has 0 bridgehead atoms. The molecule has 3 N–H and O–H groups in total. The second kappa shape index (κ2) is 6.80. The zero-order valence-electron chi connectivity index (χ0n) is 14.5. The molecule has 28 heavy (non-hydrogen) atoms. The van der Waals surface area contributed by atoms with Gasteiger partial charge in [-0.25, -0.2) is 0 Å². The molecular formula is C20H15N3O2S3. The van der Waals surface area contributed by atoms with Crippen LogP contribution in [0.5, 0.6) is 0 Å². The molecule has 5 rings (SSSR count). The lowest BCUT2D eigenvalue weighted by atomic mass is 10.1. The van der Waals surface area contributed by atoms with Gasteiger partial charge in [0.25, 0.3) is 5.91 Å². The number of amides is 2. The van der Waals surface area contributed by atoms with Crippen molar-refractivity contribution in [2.24, 2.45) is 5.73 Å². The van der Waals surface area contributed by atoms with Gasteiger partial charge < -0.3 is 15.6 Å². The summed E-state index contributed by atoms with van der Waals surface area (Å²) in [4.78, 5) is 30.8. The Morgan fingerprint density at radius 1 is 1.25 bits per heavy atom. The fraction of sp³-hybridized carbons (Fsp3) is 0.100. The topological polar surface area (TPSA) is 79.2 Å². The third-order valence-electron chi connectivity index (χ3n) is 4.75. The zero-order chi connectivity index (χ0) is 19.3. The summed E-state index contributed by atoms with van der Waals surface area (Å²) in [6.45, 7) is 0.476. The minimum atomic E-state index is -0.466. The first-order valence-electron chi connectivity index (χ1n) is 8.60. The Balaban J connectivity index is 1.62. The highest BCUT2D eigenvalue weighted by Gasteiger charge is 2.37. The highest BCUT2D eigenvalue weighted by molar-refractivity contribution is 8.02. The number of primary amides is 1. The van der Waals surface area contributed by atoms with Gasteiger partial charge in [0, 0.05) is 22.7 Å². The van der Waals surface area contributed by atoms with Crippen molar-refractivity contribution in [2.45, 2.75) is 16.0 Å². The first-order valence-corrected chi connectivity index (χ1v) is 11.2. The molecule has 8 heteroatoms. The van der Waals surface area contributed by atoms with Crippen molar-refractivity contribution in [1.29, 1.82) is 0 Å². The number of H-pyrrole nitrogens is 1. The molecule has 4 aromatic rings.